The quantitative estimate of drug-likeness (QED) is 0.296. The van der Waals surface area contributed by atoms with E-state index in [4.69, 9.17) is 24.3 Å². The number of carbonyl (C=O) groups excluding carboxylic acids is 2. The molecule has 23 heavy (non-hydrogen) atoms. The highest BCUT2D eigenvalue weighted by atomic mass is 31.2. The molecule has 136 valence electrons. The summed E-state index contributed by atoms with van der Waals surface area (Å²) in [5.74, 6) is -1.78. The fraction of sp³-hybridized carbons (Fsp3) is 0.778. The van der Waals surface area contributed by atoms with Crippen LogP contribution in [0.2, 0.25) is 0 Å². The van der Waals surface area contributed by atoms with Crippen molar-refractivity contribution < 1.29 is 56.8 Å². The fourth-order valence-corrected chi connectivity index (χ4v) is 2.44. The highest BCUT2D eigenvalue weighted by Gasteiger charge is 2.45. The normalized spacial score (nSPS) is 16.3. The highest BCUT2D eigenvalue weighted by Crippen LogP contribution is 2.44. The van der Waals surface area contributed by atoms with Crippen molar-refractivity contribution in [2.75, 3.05) is 13.2 Å². The Kier molecular flexibility index (Phi) is 8.01. The molecule has 0 aliphatic heterocycles. The summed E-state index contributed by atoms with van der Waals surface area (Å²) < 4.78 is 39.8. The van der Waals surface area contributed by atoms with E-state index in [9.17, 15) is 18.7 Å². The molecule has 2 atom stereocenters. The van der Waals surface area contributed by atoms with E-state index in [-0.39, 0.29) is 0 Å². The molecule has 0 aromatic carbocycles. The van der Waals surface area contributed by atoms with Crippen molar-refractivity contribution in [3.05, 3.63) is 0 Å². The van der Waals surface area contributed by atoms with Gasteiger partial charge in [-0.25, -0.2) is 9.13 Å². The Morgan fingerprint density at radius 3 is 1.91 bits per heavy atom. The molecule has 0 aromatic heterocycles. The van der Waals surface area contributed by atoms with Gasteiger partial charge in [-0.2, -0.15) is 0 Å². The standard InChI is InChI=1S/C9H18O12P2/c1-6(10)18-5-9(3,21-23(15,16)17)8(20-7(2)11)4-19-22(12,13)14/h8H,4-5H2,1-3H3,(H2,12,13,14)(H2,15,16,17)/t8-,9+/m1/s1. The monoisotopic (exact) mass is 380 g/mol. The summed E-state index contributed by atoms with van der Waals surface area (Å²) in [6.07, 6.45) is -1.69. The van der Waals surface area contributed by atoms with E-state index in [1.165, 1.54) is 0 Å². The second-order valence-electron chi connectivity index (χ2n) is 4.56. The second kappa shape index (κ2) is 8.32. The fourth-order valence-electron chi connectivity index (χ4n) is 1.39. The number of esters is 2. The summed E-state index contributed by atoms with van der Waals surface area (Å²) in [6.45, 7) is 1.20. The molecule has 0 aliphatic rings. The van der Waals surface area contributed by atoms with E-state index < -0.39 is 52.5 Å². The van der Waals surface area contributed by atoms with Gasteiger partial charge in [0.25, 0.3) is 0 Å². The molecule has 4 N–H and O–H groups in total. The number of ether oxygens (including phenoxy) is 2. The second-order valence-corrected chi connectivity index (χ2v) is 6.96. The molecule has 0 aliphatic carbocycles. The van der Waals surface area contributed by atoms with Crippen LogP contribution in [-0.2, 0) is 37.2 Å². The smallest absolute Gasteiger partial charge is 0.463 e. The molecular weight excluding hydrogens is 362 g/mol. The Hall–Kier alpha value is -0.840. The number of hydrogen-bond donors (Lipinski definition) is 4. The van der Waals surface area contributed by atoms with Gasteiger partial charge in [0.05, 0.1) is 6.61 Å². The Morgan fingerprint density at radius 2 is 1.57 bits per heavy atom. The zero-order valence-electron chi connectivity index (χ0n) is 12.4. The molecule has 0 unspecified atom stereocenters. The molecule has 0 bridgehead atoms. The van der Waals surface area contributed by atoms with Crippen LogP contribution in [0.5, 0.6) is 0 Å². The van der Waals surface area contributed by atoms with Crippen LogP contribution in [0.15, 0.2) is 0 Å². The van der Waals surface area contributed by atoms with Gasteiger partial charge in [0, 0.05) is 13.8 Å². The lowest BCUT2D eigenvalue weighted by Gasteiger charge is -2.35. The van der Waals surface area contributed by atoms with Crippen molar-refractivity contribution in [1.82, 2.24) is 0 Å². The first kappa shape index (κ1) is 22.2. The van der Waals surface area contributed by atoms with E-state index >= 15 is 0 Å². The Bertz CT molecular complexity index is 521. The molecule has 0 saturated carbocycles. The van der Waals surface area contributed by atoms with Crippen molar-refractivity contribution in [3.63, 3.8) is 0 Å². The Balaban J connectivity index is 5.48. The van der Waals surface area contributed by atoms with Gasteiger partial charge in [-0.05, 0) is 6.92 Å². The number of phosphoric ester groups is 2. The van der Waals surface area contributed by atoms with Crippen molar-refractivity contribution in [3.8, 4) is 0 Å². The van der Waals surface area contributed by atoms with Gasteiger partial charge in [-0.1, -0.05) is 0 Å². The lowest BCUT2D eigenvalue weighted by molar-refractivity contribution is -0.174. The van der Waals surface area contributed by atoms with Gasteiger partial charge in [-0.3, -0.25) is 18.6 Å². The van der Waals surface area contributed by atoms with Crippen molar-refractivity contribution in [1.29, 1.82) is 0 Å². The highest BCUT2D eigenvalue weighted by molar-refractivity contribution is 7.46. The van der Waals surface area contributed by atoms with Crippen LogP contribution in [0.4, 0.5) is 0 Å². The van der Waals surface area contributed by atoms with E-state index in [0.717, 1.165) is 20.8 Å². The SMILES string of the molecule is CC(=O)OC[C@](C)(OP(=O)(O)O)[C@@H](COP(=O)(O)O)OC(C)=O. The molecule has 0 rings (SSSR count). The predicted octanol–water partition coefficient (Wildman–Crippen LogP) is -0.542. The predicted molar refractivity (Wildman–Crippen MR) is 71.7 cm³/mol. The van der Waals surface area contributed by atoms with Gasteiger partial charge < -0.3 is 29.0 Å². The maximum atomic E-state index is 11.1. The third-order valence-corrected chi connectivity index (χ3v) is 3.41. The molecule has 12 nitrogen and oxygen atoms in total. The molecular formula is C9H18O12P2. The summed E-state index contributed by atoms with van der Waals surface area (Å²) in [5, 5.41) is 0. The summed E-state index contributed by atoms with van der Waals surface area (Å²) >= 11 is 0. The van der Waals surface area contributed by atoms with Crippen molar-refractivity contribution in [2.24, 2.45) is 0 Å². The minimum atomic E-state index is -5.14. The lowest BCUT2D eigenvalue weighted by Crippen LogP contribution is -2.50. The number of phosphoric acid groups is 2. The largest absolute Gasteiger partial charge is 0.470 e. The minimum absolute atomic E-state index is 0.782. The Morgan fingerprint density at radius 1 is 1.04 bits per heavy atom. The van der Waals surface area contributed by atoms with Crippen molar-refractivity contribution >= 4 is 27.6 Å². The van der Waals surface area contributed by atoms with E-state index in [1.807, 2.05) is 0 Å². The zero-order valence-corrected chi connectivity index (χ0v) is 14.2. The average Bonchev–Trinajstić information content (AvgIpc) is 2.28. The van der Waals surface area contributed by atoms with Gasteiger partial charge >= 0.3 is 27.6 Å². The van der Waals surface area contributed by atoms with Crippen LogP contribution in [0, 0.1) is 0 Å². The van der Waals surface area contributed by atoms with E-state index in [2.05, 4.69) is 13.8 Å². The van der Waals surface area contributed by atoms with Crippen LogP contribution in [0.3, 0.4) is 0 Å². The van der Waals surface area contributed by atoms with Crippen LogP contribution in [0.25, 0.3) is 0 Å². The topological polar surface area (TPSA) is 186 Å². The minimum Gasteiger partial charge on any atom is -0.463 e. The van der Waals surface area contributed by atoms with Gasteiger partial charge in [0.1, 0.15) is 6.61 Å². The molecule has 0 aromatic rings. The third kappa shape index (κ3) is 10.5. The van der Waals surface area contributed by atoms with Crippen LogP contribution in [0.1, 0.15) is 20.8 Å². The first-order chi connectivity index (χ1) is 10.1. The van der Waals surface area contributed by atoms with Gasteiger partial charge in [-0.15, -0.1) is 0 Å². The number of carbonyl (C=O) groups is 2. The maximum Gasteiger partial charge on any atom is 0.470 e. The number of rotatable bonds is 9. The molecule has 0 heterocycles. The molecule has 0 saturated heterocycles. The molecule has 0 radical (unpaired) electrons. The summed E-state index contributed by atoms with van der Waals surface area (Å²) in [5.41, 5.74) is -2.13. The average molecular weight is 380 g/mol. The molecule has 0 fully saturated rings. The van der Waals surface area contributed by atoms with Gasteiger partial charge in [0.15, 0.2) is 11.7 Å². The third-order valence-electron chi connectivity index (χ3n) is 2.27. The molecule has 0 amide bonds. The van der Waals surface area contributed by atoms with Crippen LogP contribution < -0.4 is 0 Å². The van der Waals surface area contributed by atoms with E-state index in [0.29, 0.717) is 0 Å². The first-order valence-electron chi connectivity index (χ1n) is 5.91. The van der Waals surface area contributed by atoms with Crippen LogP contribution >= 0.6 is 15.6 Å². The molecule has 0 spiro atoms. The summed E-state index contributed by atoms with van der Waals surface area (Å²) in [4.78, 5) is 57.2. The first-order valence-corrected chi connectivity index (χ1v) is 8.98. The summed E-state index contributed by atoms with van der Waals surface area (Å²) in [6, 6.07) is 0. The zero-order chi connectivity index (χ0) is 18.5. The molecule has 14 heteroatoms. The summed E-state index contributed by atoms with van der Waals surface area (Å²) in [7, 11) is -10.1. The lowest BCUT2D eigenvalue weighted by atomic mass is 10.0. The van der Waals surface area contributed by atoms with Crippen LogP contribution in [-0.4, -0.2) is 56.4 Å². The van der Waals surface area contributed by atoms with E-state index in [1.54, 1.807) is 0 Å². The maximum absolute atomic E-state index is 11.1. The van der Waals surface area contributed by atoms with Crippen molar-refractivity contribution in [2.45, 2.75) is 32.5 Å². The number of hydrogen-bond acceptors (Lipinski definition) is 8. The Labute approximate surface area is 131 Å². The van der Waals surface area contributed by atoms with Gasteiger partial charge in [0.2, 0.25) is 0 Å².